The van der Waals surface area contributed by atoms with E-state index in [4.69, 9.17) is 10.9 Å². The van der Waals surface area contributed by atoms with E-state index in [0.29, 0.717) is 13.0 Å². The molecule has 0 rings (SSSR count). The van der Waals surface area contributed by atoms with Crippen LogP contribution in [-0.4, -0.2) is 36.6 Å². The molecule has 0 fully saturated rings. The average Bonchev–Trinajstić information content (AvgIpc) is 2.15. The van der Waals surface area contributed by atoms with E-state index in [9.17, 15) is 4.79 Å². The number of oxime groups is 1. The van der Waals surface area contributed by atoms with Gasteiger partial charge in [-0.15, -0.1) is 0 Å². The first-order valence-corrected chi connectivity index (χ1v) is 4.58. The number of rotatable bonds is 7. The Morgan fingerprint density at radius 3 is 2.71 bits per heavy atom. The van der Waals surface area contributed by atoms with E-state index in [1.165, 1.54) is 6.92 Å². The second-order valence-corrected chi connectivity index (χ2v) is 2.93. The number of nitrogens with one attached hydrogen (secondary N) is 2. The maximum absolute atomic E-state index is 10.5. The molecular weight excluding hydrogens is 184 g/mol. The fourth-order valence-corrected chi connectivity index (χ4v) is 0.896. The summed E-state index contributed by atoms with van der Waals surface area (Å²) in [5, 5.41) is 16.9. The first kappa shape index (κ1) is 12.7. The van der Waals surface area contributed by atoms with Crippen molar-refractivity contribution >= 4 is 11.7 Å². The molecule has 5 N–H and O–H groups in total. The van der Waals surface area contributed by atoms with Crippen LogP contribution in [0.5, 0.6) is 0 Å². The molecule has 0 heterocycles. The van der Waals surface area contributed by atoms with Crippen LogP contribution in [0.15, 0.2) is 5.16 Å². The number of amides is 1. The number of carbonyl (C=O) groups excluding carboxylic acids is 1. The van der Waals surface area contributed by atoms with E-state index < -0.39 is 0 Å². The van der Waals surface area contributed by atoms with Gasteiger partial charge < -0.3 is 21.6 Å². The first-order valence-electron chi connectivity index (χ1n) is 4.58. The van der Waals surface area contributed by atoms with Gasteiger partial charge in [-0.3, -0.25) is 4.79 Å². The van der Waals surface area contributed by atoms with Crippen molar-refractivity contribution in [2.45, 2.75) is 19.8 Å². The van der Waals surface area contributed by atoms with Crippen molar-refractivity contribution in [1.29, 1.82) is 0 Å². The molecule has 0 unspecified atom stereocenters. The third kappa shape index (κ3) is 8.79. The highest BCUT2D eigenvalue weighted by Crippen LogP contribution is 1.85. The predicted molar refractivity (Wildman–Crippen MR) is 54.2 cm³/mol. The SMILES string of the molecule is CC(=O)NCCNCCCC(N)=NO. The third-order valence-electron chi connectivity index (χ3n) is 1.59. The van der Waals surface area contributed by atoms with Gasteiger partial charge in [0, 0.05) is 26.4 Å². The minimum Gasteiger partial charge on any atom is -0.409 e. The standard InChI is InChI=1S/C8H18N4O2/c1-7(13)11-6-5-10-4-2-3-8(9)12-14/h10,14H,2-6H2,1H3,(H2,9,12)(H,11,13). The lowest BCUT2D eigenvalue weighted by atomic mass is 10.3. The molecule has 1 amide bonds. The van der Waals surface area contributed by atoms with Crippen molar-refractivity contribution in [3.05, 3.63) is 0 Å². The second-order valence-electron chi connectivity index (χ2n) is 2.93. The number of hydrogen-bond acceptors (Lipinski definition) is 4. The summed E-state index contributed by atoms with van der Waals surface area (Å²) >= 11 is 0. The summed E-state index contributed by atoms with van der Waals surface area (Å²) in [6, 6.07) is 0. The molecule has 0 aliphatic carbocycles. The van der Waals surface area contributed by atoms with Crippen LogP contribution in [0.1, 0.15) is 19.8 Å². The van der Waals surface area contributed by atoms with Crippen LogP contribution in [0.2, 0.25) is 0 Å². The Bertz CT molecular complexity index is 194. The minimum absolute atomic E-state index is 0.0246. The number of amidine groups is 1. The van der Waals surface area contributed by atoms with Gasteiger partial charge in [0.05, 0.1) is 0 Å². The van der Waals surface area contributed by atoms with E-state index in [-0.39, 0.29) is 11.7 Å². The Balaban J connectivity index is 3.10. The van der Waals surface area contributed by atoms with Gasteiger partial charge in [-0.05, 0) is 13.0 Å². The molecule has 0 aromatic carbocycles. The molecule has 6 nitrogen and oxygen atoms in total. The zero-order valence-electron chi connectivity index (χ0n) is 8.42. The van der Waals surface area contributed by atoms with E-state index in [2.05, 4.69) is 15.8 Å². The van der Waals surface area contributed by atoms with Gasteiger partial charge in [-0.25, -0.2) is 0 Å². The summed E-state index contributed by atoms with van der Waals surface area (Å²) in [6.07, 6.45) is 1.39. The van der Waals surface area contributed by atoms with E-state index in [1.54, 1.807) is 0 Å². The van der Waals surface area contributed by atoms with Gasteiger partial charge in [0.25, 0.3) is 0 Å². The van der Waals surface area contributed by atoms with Crippen LogP contribution in [0.3, 0.4) is 0 Å². The molecule has 0 aliphatic rings. The molecule has 6 heteroatoms. The normalized spacial score (nSPS) is 11.4. The molecule has 0 aromatic heterocycles. The van der Waals surface area contributed by atoms with Gasteiger partial charge in [0.15, 0.2) is 0 Å². The molecule has 0 radical (unpaired) electrons. The van der Waals surface area contributed by atoms with Gasteiger partial charge in [-0.1, -0.05) is 5.16 Å². The van der Waals surface area contributed by atoms with Crippen LogP contribution in [0.25, 0.3) is 0 Å². The van der Waals surface area contributed by atoms with Crippen molar-refractivity contribution in [3.63, 3.8) is 0 Å². The largest absolute Gasteiger partial charge is 0.409 e. The molecule has 0 bridgehead atoms. The van der Waals surface area contributed by atoms with Crippen molar-refractivity contribution < 1.29 is 10.0 Å². The number of nitrogens with two attached hydrogens (primary N) is 1. The lowest BCUT2D eigenvalue weighted by molar-refractivity contribution is -0.118. The number of hydrogen-bond donors (Lipinski definition) is 4. The van der Waals surface area contributed by atoms with Crippen molar-refractivity contribution in [2.24, 2.45) is 10.9 Å². The monoisotopic (exact) mass is 202 g/mol. The fraction of sp³-hybridized carbons (Fsp3) is 0.750. The lowest BCUT2D eigenvalue weighted by Gasteiger charge is -2.04. The maximum atomic E-state index is 10.5. The van der Waals surface area contributed by atoms with Crippen LogP contribution < -0.4 is 16.4 Å². The van der Waals surface area contributed by atoms with Crippen LogP contribution >= 0.6 is 0 Å². The molecule has 0 atom stereocenters. The molecule has 82 valence electrons. The molecule has 14 heavy (non-hydrogen) atoms. The van der Waals surface area contributed by atoms with Crippen LogP contribution in [0.4, 0.5) is 0 Å². The predicted octanol–water partition coefficient (Wildman–Crippen LogP) is -0.761. The van der Waals surface area contributed by atoms with Crippen molar-refractivity contribution in [1.82, 2.24) is 10.6 Å². The molecule has 0 aromatic rings. The van der Waals surface area contributed by atoms with E-state index >= 15 is 0 Å². The van der Waals surface area contributed by atoms with Gasteiger partial charge in [0.2, 0.25) is 5.91 Å². The Morgan fingerprint density at radius 1 is 1.43 bits per heavy atom. The molecule has 0 saturated heterocycles. The number of nitrogens with zero attached hydrogens (tertiary/aromatic N) is 1. The minimum atomic E-state index is -0.0246. The highest BCUT2D eigenvalue weighted by molar-refractivity contribution is 5.79. The molecule has 0 saturated carbocycles. The Morgan fingerprint density at radius 2 is 2.14 bits per heavy atom. The van der Waals surface area contributed by atoms with Crippen molar-refractivity contribution in [3.8, 4) is 0 Å². The molecular formula is C8H18N4O2. The summed E-state index contributed by atoms with van der Waals surface area (Å²) in [4.78, 5) is 10.5. The van der Waals surface area contributed by atoms with Crippen molar-refractivity contribution in [2.75, 3.05) is 19.6 Å². The Labute approximate surface area is 83.5 Å². The van der Waals surface area contributed by atoms with E-state index in [0.717, 1.165) is 19.5 Å². The number of carbonyl (C=O) groups is 1. The average molecular weight is 202 g/mol. The smallest absolute Gasteiger partial charge is 0.216 e. The van der Waals surface area contributed by atoms with Gasteiger partial charge in [0.1, 0.15) is 5.84 Å². The summed E-state index contributed by atoms with van der Waals surface area (Å²) in [5.41, 5.74) is 5.27. The Hall–Kier alpha value is -1.30. The second kappa shape index (κ2) is 8.31. The van der Waals surface area contributed by atoms with E-state index in [1.807, 2.05) is 0 Å². The quantitative estimate of drug-likeness (QED) is 0.143. The molecule has 0 aliphatic heterocycles. The van der Waals surface area contributed by atoms with Gasteiger partial charge >= 0.3 is 0 Å². The highest BCUT2D eigenvalue weighted by Gasteiger charge is 1.93. The summed E-state index contributed by atoms with van der Waals surface area (Å²) < 4.78 is 0. The van der Waals surface area contributed by atoms with Gasteiger partial charge in [-0.2, -0.15) is 0 Å². The Kier molecular flexibility index (Phi) is 7.53. The zero-order chi connectivity index (χ0) is 10.8. The lowest BCUT2D eigenvalue weighted by Crippen LogP contribution is -2.30. The summed E-state index contributed by atoms with van der Waals surface area (Å²) in [5.74, 6) is 0.220. The topological polar surface area (TPSA) is 99.7 Å². The fourth-order valence-electron chi connectivity index (χ4n) is 0.896. The van der Waals surface area contributed by atoms with Crippen LogP contribution in [-0.2, 0) is 4.79 Å². The zero-order valence-corrected chi connectivity index (χ0v) is 8.42. The maximum Gasteiger partial charge on any atom is 0.216 e. The summed E-state index contributed by atoms with van der Waals surface area (Å²) in [6.45, 7) is 3.63. The first-order chi connectivity index (χ1) is 6.66. The molecule has 0 spiro atoms. The van der Waals surface area contributed by atoms with Crippen LogP contribution in [0, 0.1) is 0 Å². The third-order valence-corrected chi connectivity index (χ3v) is 1.59. The highest BCUT2D eigenvalue weighted by atomic mass is 16.4. The summed E-state index contributed by atoms with van der Waals surface area (Å²) in [7, 11) is 0.